The van der Waals surface area contributed by atoms with Gasteiger partial charge >= 0.3 is 6.01 Å². The van der Waals surface area contributed by atoms with Gasteiger partial charge in [-0.2, -0.15) is 15.0 Å². The zero-order chi connectivity index (χ0) is 15.8. The second kappa shape index (κ2) is 8.64. The van der Waals surface area contributed by atoms with Crippen LogP contribution in [0.5, 0.6) is 6.01 Å². The summed E-state index contributed by atoms with van der Waals surface area (Å²) in [6, 6.07) is 0.670. The minimum atomic E-state index is 0.0356. The third-order valence-corrected chi connectivity index (χ3v) is 2.97. The molecule has 1 atom stereocenters. The minimum absolute atomic E-state index is 0.0356. The number of rotatable bonds is 9. The monoisotopic (exact) mass is 295 g/mol. The van der Waals surface area contributed by atoms with Crippen molar-refractivity contribution in [3.63, 3.8) is 0 Å². The lowest BCUT2D eigenvalue weighted by molar-refractivity contribution is 0.222. The van der Waals surface area contributed by atoms with Gasteiger partial charge < -0.3 is 15.4 Å². The van der Waals surface area contributed by atoms with E-state index in [4.69, 9.17) is 4.74 Å². The maximum Gasteiger partial charge on any atom is 0.323 e. The molecule has 120 valence electrons. The molecule has 0 aromatic carbocycles. The van der Waals surface area contributed by atoms with Crippen LogP contribution in [-0.2, 0) is 0 Å². The Morgan fingerprint density at radius 1 is 0.952 bits per heavy atom. The van der Waals surface area contributed by atoms with E-state index >= 15 is 0 Å². The van der Waals surface area contributed by atoms with Crippen LogP contribution in [0.25, 0.3) is 0 Å². The first kappa shape index (κ1) is 17.5. The summed E-state index contributed by atoms with van der Waals surface area (Å²) >= 11 is 0. The van der Waals surface area contributed by atoms with Crippen LogP contribution in [0.4, 0.5) is 11.9 Å². The molecule has 0 spiro atoms. The number of hydrogen-bond acceptors (Lipinski definition) is 6. The van der Waals surface area contributed by atoms with E-state index in [1.807, 2.05) is 13.8 Å². The van der Waals surface area contributed by atoms with Crippen molar-refractivity contribution in [1.82, 2.24) is 15.0 Å². The lowest BCUT2D eigenvalue weighted by atomic mass is 10.0. The summed E-state index contributed by atoms with van der Waals surface area (Å²) in [7, 11) is 1.78. The second-order valence-electron chi connectivity index (χ2n) is 6.05. The Kier molecular flexibility index (Phi) is 7.19. The number of aromatic nitrogens is 3. The lowest BCUT2D eigenvalue weighted by Crippen LogP contribution is -2.19. The van der Waals surface area contributed by atoms with Gasteiger partial charge in [0.15, 0.2) is 0 Å². The average Bonchev–Trinajstić information content (AvgIpc) is 2.36. The number of nitrogens with zero attached hydrogens (tertiary/aromatic N) is 3. The van der Waals surface area contributed by atoms with E-state index in [-0.39, 0.29) is 6.10 Å². The number of hydrogen-bond donors (Lipinski definition) is 2. The maximum atomic E-state index is 5.55. The summed E-state index contributed by atoms with van der Waals surface area (Å²) < 4.78 is 5.55. The van der Waals surface area contributed by atoms with E-state index in [0.717, 1.165) is 12.3 Å². The molecular weight excluding hydrogens is 266 g/mol. The van der Waals surface area contributed by atoms with Crippen molar-refractivity contribution in [3.8, 4) is 6.01 Å². The molecular formula is C15H29N5O. The van der Waals surface area contributed by atoms with Crippen LogP contribution in [0, 0.1) is 5.92 Å². The van der Waals surface area contributed by atoms with E-state index < -0.39 is 0 Å². The Morgan fingerprint density at radius 3 is 2.19 bits per heavy atom. The third kappa shape index (κ3) is 7.11. The first-order valence-corrected chi connectivity index (χ1v) is 7.77. The van der Waals surface area contributed by atoms with Crippen molar-refractivity contribution in [1.29, 1.82) is 0 Å². The molecule has 0 fully saturated rings. The Morgan fingerprint density at radius 2 is 1.62 bits per heavy atom. The van der Waals surface area contributed by atoms with Gasteiger partial charge in [-0.1, -0.05) is 26.7 Å². The summed E-state index contributed by atoms with van der Waals surface area (Å²) in [5, 5.41) is 6.25. The fraction of sp³-hybridized carbons (Fsp3) is 0.800. The Bertz CT molecular complexity index is 423. The van der Waals surface area contributed by atoms with Gasteiger partial charge in [-0.25, -0.2) is 0 Å². The van der Waals surface area contributed by atoms with Crippen molar-refractivity contribution in [2.24, 2.45) is 5.92 Å². The van der Waals surface area contributed by atoms with Gasteiger partial charge in [-0.15, -0.1) is 0 Å². The van der Waals surface area contributed by atoms with Gasteiger partial charge in [0.05, 0.1) is 6.10 Å². The van der Waals surface area contributed by atoms with Crippen molar-refractivity contribution in [2.75, 3.05) is 17.7 Å². The zero-order valence-corrected chi connectivity index (χ0v) is 14.1. The van der Waals surface area contributed by atoms with Crippen molar-refractivity contribution < 1.29 is 4.74 Å². The molecule has 0 aliphatic rings. The standard InChI is InChI=1S/C15H29N5O/c1-10(2)8-7-9-12(5)17-14-18-13(16-6)19-15(20-14)21-11(3)4/h10-12H,7-9H2,1-6H3,(H2,16,17,18,19,20). The summed E-state index contributed by atoms with van der Waals surface area (Å²) in [5.41, 5.74) is 0. The van der Waals surface area contributed by atoms with Gasteiger partial charge in [-0.05, 0) is 33.1 Å². The normalized spacial score (nSPS) is 12.6. The highest BCUT2D eigenvalue weighted by Gasteiger charge is 2.10. The van der Waals surface area contributed by atoms with Gasteiger partial charge in [-0.3, -0.25) is 0 Å². The van der Waals surface area contributed by atoms with Gasteiger partial charge in [0.1, 0.15) is 0 Å². The highest BCUT2D eigenvalue weighted by molar-refractivity contribution is 5.35. The van der Waals surface area contributed by atoms with E-state index in [2.05, 4.69) is 46.4 Å². The molecule has 1 aromatic heterocycles. The molecule has 1 heterocycles. The molecule has 21 heavy (non-hydrogen) atoms. The number of ether oxygens (including phenoxy) is 1. The largest absolute Gasteiger partial charge is 0.461 e. The van der Waals surface area contributed by atoms with Crippen LogP contribution >= 0.6 is 0 Å². The van der Waals surface area contributed by atoms with Gasteiger partial charge in [0.25, 0.3) is 0 Å². The predicted molar refractivity (Wildman–Crippen MR) is 86.9 cm³/mol. The van der Waals surface area contributed by atoms with Crippen LogP contribution in [0.1, 0.15) is 53.9 Å². The van der Waals surface area contributed by atoms with Gasteiger partial charge in [0.2, 0.25) is 11.9 Å². The lowest BCUT2D eigenvalue weighted by Gasteiger charge is -2.16. The van der Waals surface area contributed by atoms with E-state index in [1.54, 1.807) is 7.05 Å². The molecule has 2 N–H and O–H groups in total. The quantitative estimate of drug-likeness (QED) is 0.728. The zero-order valence-electron chi connectivity index (χ0n) is 14.1. The molecule has 1 aromatic rings. The van der Waals surface area contributed by atoms with Gasteiger partial charge in [0, 0.05) is 13.1 Å². The molecule has 1 unspecified atom stereocenters. The fourth-order valence-corrected chi connectivity index (χ4v) is 1.92. The molecule has 1 rings (SSSR count). The minimum Gasteiger partial charge on any atom is -0.461 e. The maximum absolute atomic E-state index is 5.55. The predicted octanol–water partition coefficient (Wildman–Crippen LogP) is 3.33. The molecule has 0 aliphatic heterocycles. The van der Waals surface area contributed by atoms with Crippen molar-refractivity contribution in [3.05, 3.63) is 0 Å². The van der Waals surface area contributed by atoms with E-state index in [9.17, 15) is 0 Å². The molecule has 0 bridgehead atoms. The number of anilines is 2. The van der Waals surface area contributed by atoms with Crippen LogP contribution in [0.3, 0.4) is 0 Å². The summed E-state index contributed by atoms with van der Waals surface area (Å²) in [5.74, 6) is 1.82. The highest BCUT2D eigenvalue weighted by atomic mass is 16.5. The SMILES string of the molecule is CNc1nc(NC(C)CCCC(C)C)nc(OC(C)C)n1. The Balaban J connectivity index is 2.63. The summed E-state index contributed by atoms with van der Waals surface area (Å²) in [4.78, 5) is 12.8. The summed E-state index contributed by atoms with van der Waals surface area (Å²) in [6.45, 7) is 10.5. The van der Waals surface area contributed by atoms with Crippen molar-refractivity contribution >= 4 is 11.9 Å². The topological polar surface area (TPSA) is 72.0 Å². The first-order chi connectivity index (χ1) is 9.90. The Hall–Kier alpha value is -1.59. The second-order valence-corrected chi connectivity index (χ2v) is 6.05. The van der Waals surface area contributed by atoms with E-state index in [1.165, 1.54) is 12.8 Å². The smallest absolute Gasteiger partial charge is 0.323 e. The summed E-state index contributed by atoms with van der Waals surface area (Å²) in [6.07, 6.45) is 3.57. The number of nitrogens with one attached hydrogen (secondary N) is 2. The van der Waals surface area contributed by atoms with Crippen molar-refractivity contribution in [2.45, 2.75) is 66.0 Å². The highest BCUT2D eigenvalue weighted by Crippen LogP contribution is 2.15. The molecule has 0 amide bonds. The first-order valence-electron chi connectivity index (χ1n) is 7.77. The van der Waals surface area contributed by atoms with Crippen LogP contribution < -0.4 is 15.4 Å². The molecule has 6 heteroatoms. The van der Waals surface area contributed by atoms with E-state index in [0.29, 0.717) is 23.9 Å². The molecule has 6 nitrogen and oxygen atoms in total. The molecule has 0 aliphatic carbocycles. The van der Waals surface area contributed by atoms with Crippen LogP contribution in [0.2, 0.25) is 0 Å². The average molecular weight is 295 g/mol. The molecule has 0 saturated heterocycles. The fourth-order valence-electron chi connectivity index (χ4n) is 1.92. The Labute approximate surface area is 128 Å². The van der Waals surface area contributed by atoms with Crippen LogP contribution in [0.15, 0.2) is 0 Å². The molecule has 0 radical (unpaired) electrons. The molecule has 0 saturated carbocycles. The van der Waals surface area contributed by atoms with Crippen LogP contribution in [-0.4, -0.2) is 34.1 Å². The third-order valence-electron chi connectivity index (χ3n) is 2.97.